The molecule has 24 heavy (non-hydrogen) atoms. The zero-order valence-electron chi connectivity index (χ0n) is 13.0. The van der Waals surface area contributed by atoms with Crippen LogP contribution in [0.1, 0.15) is 28.9 Å². The van der Waals surface area contributed by atoms with E-state index in [1.165, 1.54) is 17.9 Å². The molecular weight excluding hydrogens is 306 g/mol. The number of Topliss-reactive ketones (excluding diaryl/α,β-unsaturated/α-hetero) is 1. The number of carbonyl (C=O) groups is 2. The largest absolute Gasteiger partial charge is 0.324 e. The lowest BCUT2D eigenvalue weighted by Crippen LogP contribution is -2.27. The van der Waals surface area contributed by atoms with Crippen molar-refractivity contribution in [3.05, 3.63) is 72.1 Å². The summed E-state index contributed by atoms with van der Waals surface area (Å²) in [4.78, 5) is 24.3. The second-order valence-electron chi connectivity index (χ2n) is 5.23. The summed E-state index contributed by atoms with van der Waals surface area (Å²) >= 11 is 0. The average molecular weight is 321 g/mol. The van der Waals surface area contributed by atoms with E-state index >= 15 is 0 Å². The smallest absolute Gasteiger partial charge is 0.253 e. The maximum atomic E-state index is 12.8. The van der Waals surface area contributed by atoms with Crippen molar-refractivity contribution in [3.8, 4) is 0 Å². The molecule has 2 aromatic carbocycles. The highest BCUT2D eigenvalue weighted by molar-refractivity contribution is 5.98. The number of amides is 1. The third kappa shape index (κ3) is 3.35. The van der Waals surface area contributed by atoms with Crippen molar-refractivity contribution in [2.24, 2.45) is 0 Å². The van der Waals surface area contributed by atoms with E-state index in [0.717, 1.165) is 5.56 Å². The lowest BCUT2D eigenvalue weighted by molar-refractivity contribution is -0.118. The van der Waals surface area contributed by atoms with Gasteiger partial charge in [0.2, 0.25) is 0 Å². The van der Waals surface area contributed by atoms with Gasteiger partial charge in [-0.1, -0.05) is 42.5 Å². The standard InChI is InChI=1S/C17H15N5O2/c1-12(23)14-8-5-9-15(10-14)19-17(24)16(22-11-18-20-21-22)13-6-3-2-4-7-13/h2-11,16H,1H3,(H,19,24). The molecule has 0 aliphatic carbocycles. The highest BCUT2D eigenvalue weighted by Gasteiger charge is 2.24. The fraction of sp³-hybridized carbons (Fsp3) is 0.118. The van der Waals surface area contributed by atoms with Gasteiger partial charge < -0.3 is 5.32 Å². The Morgan fingerprint density at radius 3 is 2.54 bits per heavy atom. The SMILES string of the molecule is CC(=O)c1cccc(NC(=O)C(c2ccccc2)n2cnnn2)c1. The highest BCUT2D eigenvalue weighted by Crippen LogP contribution is 2.20. The Bertz CT molecular complexity index is 846. The molecule has 1 N–H and O–H groups in total. The minimum Gasteiger partial charge on any atom is -0.324 e. The number of aromatic nitrogens is 4. The first-order valence-corrected chi connectivity index (χ1v) is 7.34. The summed E-state index contributed by atoms with van der Waals surface area (Å²) in [5.41, 5.74) is 1.83. The maximum absolute atomic E-state index is 12.8. The second kappa shape index (κ2) is 6.82. The summed E-state index contributed by atoms with van der Waals surface area (Å²) < 4.78 is 1.39. The van der Waals surface area contributed by atoms with E-state index in [4.69, 9.17) is 0 Å². The van der Waals surface area contributed by atoms with Crippen LogP contribution in [0.3, 0.4) is 0 Å². The zero-order chi connectivity index (χ0) is 16.9. The van der Waals surface area contributed by atoms with Gasteiger partial charge in [-0.25, -0.2) is 4.68 Å². The van der Waals surface area contributed by atoms with E-state index in [9.17, 15) is 9.59 Å². The van der Waals surface area contributed by atoms with E-state index in [1.807, 2.05) is 30.3 Å². The van der Waals surface area contributed by atoms with Gasteiger partial charge in [0, 0.05) is 11.3 Å². The monoisotopic (exact) mass is 321 g/mol. The van der Waals surface area contributed by atoms with Crippen LogP contribution in [0, 0.1) is 0 Å². The Kier molecular flexibility index (Phi) is 4.42. The summed E-state index contributed by atoms with van der Waals surface area (Å²) in [6.45, 7) is 1.48. The Balaban J connectivity index is 1.90. The number of carbonyl (C=O) groups excluding carboxylic acids is 2. The van der Waals surface area contributed by atoms with E-state index in [2.05, 4.69) is 20.8 Å². The molecule has 0 bridgehead atoms. The number of hydrogen-bond donors (Lipinski definition) is 1. The third-order valence-electron chi connectivity index (χ3n) is 3.53. The molecule has 1 amide bonds. The Morgan fingerprint density at radius 2 is 1.88 bits per heavy atom. The van der Waals surface area contributed by atoms with Crippen LogP contribution < -0.4 is 5.32 Å². The summed E-state index contributed by atoms with van der Waals surface area (Å²) in [7, 11) is 0. The molecule has 1 heterocycles. The van der Waals surface area contributed by atoms with Gasteiger partial charge in [-0.05, 0) is 35.0 Å². The summed E-state index contributed by atoms with van der Waals surface area (Å²) in [5, 5.41) is 13.9. The molecule has 7 heteroatoms. The number of nitrogens with one attached hydrogen (secondary N) is 1. The van der Waals surface area contributed by atoms with Crippen molar-refractivity contribution in [1.82, 2.24) is 20.2 Å². The van der Waals surface area contributed by atoms with E-state index in [0.29, 0.717) is 11.3 Å². The molecule has 7 nitrogen and oxygen atoms in total. The second-order valence-corrected chi connectivity index (χ2v) is 5.23. The first-order chi connectivity index (χ1) is 11.6. The van der Waals surface area contributed by atoms with Crippen molar-refractivity contribution in [2.75, 3.05) is 5.32 Å². The molecule has 0 radical (unpaired) electrons. The number of benzene rings is 2. The molecule has 0 aliphatic rings. The molecule has 0 saturated heterocycles. The Hall–Kier alpha value is -3.35. The average Bonchev–Trinajstić information content (AvgIpc) is 3.10. The lowest BCUT2D eigenvalue weighted by atomic mass is 10.1. The number of nitrogens with zero attached hydrogens (tertiary/aromatic N) is 4. The number of hydrogen-bond acceptors (Lipinski definition) is 5. The van der Waals surface area contributed by atoms with Crippen molar-refractivity contribution >= 4 is 17.4 Å². The fourth-order valence-corrected chi connectivity index (χ4v) is 2.37. The Labute approximate surface area is 138 Å². The van der Waals surface area contributed by atoms with Crippen LogP contribution in [0.25, 0.3) is 0 Å². The number of rotatable bonds is 5. The van der Waals surface area contributed by atoms with Crippen LogP contribution in [0.15, 0.2) is 60.9 Å². The number of tetrazole rings is 1. The normalized spacial score (nSPS) is 11.7. The maximum Gasteiger partial charge on any atom is 0.253 e. The number of anilines is 1. The van der Waals surface area contributed by atoms with E-state index < -0.39 is 6.04 Å². The summed E-state index contributed by atoms with van der Waals surface area (Å²) in [5.74, 6) is -0.361. The summed E-state index contributed by atoms with van der Waals surface area (Å²) in [6, 6.07) is 15.3. The van der Waals surface area contributed by atoms with Crippen LogP contribution in [0.5, 0.6) is 0 Å². The van der Waals surface area contributed by atoms with Crippen molar-refractivity contribution in [3.63, 3.8) is 0 Å². The molecule has 0 saturated carbocycles. The van der Waals surface area contributed by atoms with Crippen molar-refractivity contribution < 1.29 is 9.59 Å². The molecule has 1 atom stereocenters. The van der Waals surface area contributed by atoms with Gasteiger partial charge in [0.05, 0.1) is 0 Å². The topological polar surface area (TPSA) is 89.8 Å². The summed E-state index contributed by atoms with van der Waals surface area (Å²) in [6.07, 6.45) is 1.39. The molecule has 1 unspecified atom stereocenters. The predicted octanol–water partition coefficient (Wildman–Crippen LogP) is 2.10. The fourth-order valence-electron chi connectivity index (χ4n) is 2.37. The van der Waals surface area contributed by atoms with Gasteiger partial charge in [0.25, 0.3) is 5.91 Å². The van der Waals surface area contributed by atoms with Gasteiger partial charge in [0.1, 0.15) is 6.33 Å². The van der Waals surface area contributed by atoms with Crippen LogP contribution in [0.4, 0.5) is 5.69 Å². The predicted molar refractivity (Wildman–Crippen MR) is 87.5 cm³/mol. The molecule has 0 spiro atoms. The van der Waals surface area contributed by atoms with E-state index in [-0.39, 0.29) is 11.7 Å². The minimum absolute atomic E-state index is 0.0637. The molecular formula is C17H15N5O2. The zero-order valence-corrected chi connectivity index (χ0v) is 13.0. The molecule has 120 valence electrons. The van der Waals surface area contributed by atoms with Crippen molar-refractivity contribution in [1.29, 1.82) is 0 Å². The molecule has 1 aromatic heterocycles. The van der Waals surface area contributed by atoms with Gasteiger partial charge >= 0.3 is 0 Å². The van der Waals surface area contributed by atoms with Gasteiger partial charge in [-0.2, -0.15) is 0 Å². The minimum atomic E-state index is -0.706. The molecule has 3 rings (SSSR count). The van der Waals surface area contributed by atoms with Crippen LogP contribution in [0.2, 0.25) is 0 Å². The third-order valence-corrected chi connectivity index (χ3v) is 3.53. The highest BCUT2D eigenvalue weighted by atomic mass is 16.2. The molecule has 0 fully saturated rings. The quantitative estimate of drug-likeness (QED) is 0.727. The molecule has 3 aromatic rings. The lowest BCUT2D eigenvalue weighted by Gasteiger charge is -2.16. The van der Waals surface area contributed by atoms with Gasteiger partial charge in [0.15, 0.2) is 11.8 Å². The van der Waals surface area contributed by atoms with Gasteiger partial charge in [-0.3, -0.25) is 9.59 Å². The van der Waals surface area contributed by atoms with Crippen molar-refractivity contribution in [2.45, 2.75) is 13.0 Å². The first kappa shape index (κ1) is 15.5. The van der Waals surface area contributed by atoms with Crippen LogP contribution in [-0.4, -0.2) is 31.9 Å². The Morgan fingerprint density at radius 1 is 1.08 bits per heavy atom. The van der Waals surface area contributed by atoms with Gasteiger partial charge in [-0.15, -0.1) is 5.10 Å². The molecule has 0 aliphatic heterocycles. The first-order valence-electron chi connectivity index (χ1n) is 7.34. The van der Waals surface area contributed by atoms with Crippen LogP contribution in [-0.2, 0) is 4.79 Å². The van der Waals surface area contributed by atoms with Crippen LogP contribution >= 0.6 is 0 Å². The van der Waals surface area contributed by atoms with E-state index in [1.54, 1.807) is 24.3 Å². The number of ketones is 1.